The highest BCUT2D eigenvalue weighted by Gasteiger charge is 2.12. The molecule has 2 rings (SSSR count). The fraction of sp³-hybridized carbons (Fsp3) is 0.100. The number of halogens is 1. The Labute approximate surface area is 93.6 Å². The molecule has 0 saturated heterocycles. The van der Waals surface area contributed by atoms with E-state index in [0.29, 0.717) is 16.7 Å². The number of benzene rings is 1. The van der Waals surface area contributed by atoms with Gasteiger partial charge in [-0.25, -0.2) is 4.98 Å². The van der Waals surface area contributed by atoms with E-state index in [9.17, 15) is 4.79 Å². The van der Waals surface area contributed by atoms with Crippen LogP contribution < -0.4 is 0 Å². The standard InChI is InChI=1S/C10H5BrN2O2/c11-4-8(14)10-13-7-3-6(5-12)1-2-9(7)15-10/h1-3H,4H2. The number of nitrogens with zero attached hydrogens (tertiary/aromatic N) is 2. The molecule has 0 spiro atoms. The first-order chi connectivity index (χ1) is 7.24. The van der Waals surface area contributed by atoms with E-state index >= 15 is 0 Å². The van der Waals surface area contributed by atoms with Crippen LogP contribution in [0.3, 0.4) is 0 Å². The van der Waals surface area contributed by atoms with Gasteiger partial charge in [-0.3, -0.25) is 4.79 Å². The van der Waals surface area contributed by atoms with Gasteiger partial charge < -0.3 is 4.42 Å². The number of oxazole rings is 1. The molecule has 0 saturated carbocycles. The maximum Gasteiger partial charge on any atom is 0.265 e. The number of hydrogen-bond acceptors (Lipinski definition) is 4. The van der Waals surface area contributed by atoms with E-state index in [1.807, 2.05) is 6.07 Å². The minimum Gasteiger partial charge on any atom is -0.434 e. The summed E-state index contributed by atoms with van der Waals surface area (Å²) in [6.45, 7) is 0. The van der Waals surface area contributed by atoms with Crippen LogP contribution in [0.25, 0.3) is 11.1 Å². The van der Waals surface area contributed by atoms with E-state index in [4.69, 9.17) is 9.68 Å². The molecule has 0 bridgehead atoms. The van der Waals surface area contributed by atoms with Gasteiger partial charge in [0.25, 0.3) is 5.89 Å². The number of hydrogen-bond donors (Lipinski definition) is 0. The zero-order chi connectivity index (χ0) is 10.8. The van der Waals surface area contributed by atoms with Crippen LogP contribution in [0.15, 0.2) is 22.6 Å². The molecule has 0 N–H and O–H groups in total. The first kappa shape index (κ1) is 9.87. The first-order valence-corrected chi connectivity index (χ1v) is 5.26. The molecule has 74 valence electrons. The summed E-state index contributed by atoms with van der Waals surface area (Å²) in [6.07, 6.45) is 0. The second kappa shape index (κ2) is 3.83. The van der Waals surface area contributed by atoms with Crippen molar-refractivity contribution in [3.8, 4) is 6.07 Å². The second-order valence-corrected chi connectivity index (χ2v) is 3.43. The first-order valence-electron chi connectivity index (χ1n) is 4.14. The maximum atomic E-state index is 11.3. The second-order valence-electron chi connectivity index (χ2n) is 2.87. The molecule has 0 aliphatic rings. The van der Waals surface area contributed by atoms with Crippen LogP contribution >= 0.6 is 15.9 Å². The molecule has 15 heavy (non-hydrogen) atoms. The quantitative estimate of drug-likeness (QED) is 0.617. The van der Waals surface area contributed by atoms with Crippen LogP contribution in [-0.4, -0.2) is 16.1 Å². The fourth-order valence-electron chi connectivity index (χ4n) is 1.17. The SMILES string of the molecule is N#Cc1ccc2oc(C(=O)CBr)nc2c1. The molecule has 4 nitrogen and oxygen atoms in total. The third-order valence-corrected chi connectivity index (χ3v) is 2.39. The average Bonchev–Trinajstić information content (AvgIpc) is 2.70. The smallest absolute Gasteiger partial charge is 0.265 e. The van der Waals surface area contributed by atoms with Gasteiger partial charge >= 0.3 is 0 Å². The fourth-order valence-corrected chi connectivity index (χ4v) is 1.41. The normalized spacial score (nSPS) is 10.1. The third-order valence-electron chi connectivity index (χ3n) is 1.88. The third kappa shape index (κ3) is 1.76. The number of fused-ring (bicyclic) bond motifs is 1. The number of aromatic nitrogens is 1. The molecule has 0 radical (unpaired) electrons. The molecule has 1 heterocycles. The van der Waals surface area contributed by atoms with Gasteiger partial charge in [0.1, 0.15) is 5.52 Å². The number of carbonyl (C=O) groups is 1. The molecule has 0 unspecified atom stereocenters. The number of alkyl halides is 1. The number of Topliss-reactive ketones (excluding diaryl/α,β-unsaturated/α-hetero) is 1. The summed E-state index contributed by atoms with van der Waals surface area (Å²) in [5.41, 5.74) is 1.53. The van der Waals surface area contributed by atoms with Gasteiger partial charge in [0, 0.05) is 0 Å². The number of ketones is 1. The molecule has 0 atom stereocenters. The molecule has 1 aromatic carbocycles. The van der Waals surface area contributed by atoms with Crippen molar-refractivity contribution in [3.05, 3.63) is 29.7 Å². The van der Waals surface area contributed by atoms with Gasteiger partial charge in [-0.05, 0) is 18.2 Å². The van der Waals surface area contributed by atoms with Gasteiger partial charge in [-0.15, -0.1) is 0 Å². The monoisotopic (exact) mass is 264 g/mol. The molecule has 0 aliphatic carbocycles. The Morgan fingerprint density at radius 2 is 2.40 bits per heavy atom. The molecule has 1 aromatic heterocycles. The lowest BCUT2D eigenvalue weighted by atomic mass is 10.2. The van der Waals surface area contributed by atoms with Gasteiger partial charge in [0.15, 0.2) is 5.58 Å². The van der Waals surface area contributed by atoms with E-state index in [-0.39, 0.29) is 17.0 Å². The van der Waals surface area contributed by atoms with Crippen LogP contribution in [0.4, 0.5) is 0 Å². The molecular weight excluding hydrogens is 260 g/mol. The largest absolute Gasteiger partial charge is 0.434 e. The van der Waals surface area contributed by atoms with Crippen LogP contribution in [0, 0.1) is 11.3 Å². The van der Waals surface area contributed by atoms with Crippen LogP contribution in [0.5, 0.6) is 0 Å². The van der Waals surface area contributed by atoms with Crippen LogP contribution in [0.1, 0.15) is 16.2 Å². The highest BCUT2D eigenvalue weighted by Crippen LogP contribution is 2.17. The van der Waals surface area contributed by atoms with Gasteiger partial charge in [-0.1, -0.05) is 15.9 Å². The minimum atomic E-state index is -0.218. The zero-order valence-corrected chi connectivity index (χ0v) is 9.11. The summed E-state index contributed by atoms with van der Waals surface area (Å²) in [5.74, 6) is -0.151. The Hall–Kier alpha value is -1.67. The van der Waals surface area contributed by atoms with Crippen molar-refractivity contribution >= 4 is 32.8 Å². The molecule has 0 aliphatic heterocycles. The summed E-state index contributed by atoms with van der Waals surface area (Å²) in [4.78, 5) is 15.3. The Morgan fingerprint density at radius 1 is 1.60 bits per heavy atom. The van der Waals surface area contributed by atoms with Crippen molar-refractivity contribution in [1.82, 2.24) is 4.98 Å². The van der Waals surface area contributed by atoms with E-state index in [2.05, 4.69) is 20.9 Å². The molecule has 0 fully saturated rings. The van der Waals surface area contributed by atoms with Gasteiger partial charge in [0.05, 0.1) is 17.0 Å². The lowest BCUT2D eigenvalue weighted by Gasteiger charge is -1.85. The minimum absolute atomic E-state index is 0.0666. The highest BCUT2D eigenvalue weighted by atomic mass is 79.9. The highest BCUT2D eigenvalue weighted by molar-refractivity contribution is 9.09. The number of nitriles is 1. The van der Waals surface area contributed by atoms with Crippen LogP contribution in [0.2, 0.25) is 0 Å². The average molecular weight is 265 g/mol. The summed E-state index contributed by atoms with van der Waals surface area (Å²) in [7, 11) is 0. The van der Waals surface area contributed by atoms with Crippen molar-refractivity contribution < 1.29 is 9.21 Å². The van der Waals surface area contributed by atoms with Crippen molar-refractivity contribution in [2.75, 3.05) is 5.33 Å². The molecule has 2 aromatic rings. The maximum absolute atomic E-state index is 11.3. The Kier molecular flexibility index (Phi) is 2.52. The predicted octanol–water partition coefficient (Wildman–Crippen LogP) is 2.28. The van der Waals surface area contributed by atoms with Crippen molar-refractivity contribution in [3.63, 3.8) is 0 Å². The Balaban J connectivity index is 2.57. The van der Waals surface area contributed by atoms with Gasteiger partial charge in [0.2, 0.25) is 5.78 Å². The number of rotatable bonds is 2. The number of carbonyl (C=O) groups excluding carboxylic acids is 1. The van der Waals surface area contributed by atoms with Gasteiger partial charge in [-0.2, -0.15) is 5.26 Å². The topological polar surface area (TPSA) is 66.9 Å². The summed E-state index contributed by atoms with van der Waals surface area (Å²) < 4.78 is 5.22. The Morgan fingerprint density at radius 3 is 3.07 bits per heavy atom. The predicted molar refractivity (Wildman–Crippen MR) is 56.8 cm³/mol. The molecular formula is C10H5BrN2O2. The summed E-state index contributed by atoms with van der Waals surface area (Å²) in [6, 6.07) is 6.83. The summed E-state index contributed by atoms with van der Waals surface area (Å²) >= 11 is 3.03. The van der Waals surface area contributed by atoms with Crippen molar-refractivity contribution in [1.29, 1.82) is 5.26 Å². The lowest BCUT2D eigenvalue weighted by Crippen LogP contribution is -1.99. The van der Waals surface area contributed by atoms with Crippen molar-refractivity contribution in [2.24, 2.45) is 0 Å². The molecule has 0 amide bonds. The summed E-state index contributed by atoms with van der Waals surface area (Å²) in [5, 5.41) is 8.85. The van der Waals surface area contributed by atoms with Crippen molar-refractivity contribution in [2.45, 2.75) is 0 Å². The molecule has 5 heteroatoms. The van der Waals surface area contributed by atoms with E-state index in [0.717, 1.165) is 0 Å². The lowest BCUT2D eigenvalue weighted by molar-refractivity contribution is 0.0989. The Bertz CT molecular complexity index is 568. The zero-order valence-electron chi connectivity index (χ0n) is 7.53. The van der Waals surface area contributed by atoms with E-state index < -0.39 is 0 Å². The van der Waals surface area contributed by atoms with E-state index in [1.165, 1.54) is 0 Å². The van der Waals surface area contributed by atoms with E-state index in [1.54, 1.807) is 18.2 Å². The van der Waals surface area contributed by atoms with Crippen LogP contribution in [-0.2, 0) is 0 Å².